The van der Waals surface area contributed by atoms with Gasteiger partial charge in [-0.2, -0.15) is 13.2 Å². The highest BCUT2D eigenvalue weighted by Crippen LogP contribution is 2.29. The second kappa shape index (κ2) is 6.92. The van der Waals surface area contributed by atoms with Crippen molar-refractivity contribution >= 4 is 11.9 Å². The highest BCUT2D eigenvalue weighted by atomic mass is 19.4. The number of carbonyl (C=O) groups excluding carboxylic acids is 1. The van der Waals surface area contributed by atoms with Crippen molar-refractivity contribution < 1.29 is 27.9 Å². The van der Waals surface area contributed by atoms with Gasteiger partial charge in [-0.15, -0.1) is 6.58 Å². The Morgan fingerprint density at radius 3 is 2.24 bits per heavy atom. The monoisotopic (exact) mass is 301 g/mol. The van der Waals surface area contributed by atoms with E-state index in [-0.39, 0.29) is 13.0 Å². The molecule has 0 heterocycles. The Kier molecular flexibility index (Phi) is 5.52. The number of carboxylic acids is 1. The molecule has 0 fully saturated rings. The molecule has 1 rings (SSSR count). The van der Waals surface area contributed by atoms with Gasteiger partial charge in [0.25, 0.3) is 0 Å². The molecule has 0 saturated heterocycles. The van der Waals surface area contributed by atoms with Gasteiger partial charge in [-0.1, -0.05) is 18.2 Å². The number of alkyl halides is 3. The van der Waals surface area contributed by atoms with E-state index in [2.05, 4.69) is 6.58 Å². The summed E-state index contributed by atoms with van der Waals surface area (Å²) in [4.78, 5) is 23.6. The predicted octanol–water partition coefficient (Wildman–Crippen LogP) is 2.35. The third-order valence-electron chi connectivity index (χ3n) is 2.66. The van der Waals surface area contributed by atoms with E-state index >= 15 is 0 Å². The number of amides is 1. The van der Waals surface area contributed by atoms with E-state index < -0.39 is 30.2 Å². The van der Waals surface area contributed by atoms with Crippen molar-refractivity contribution in [2.45, 2.75) is 12.6 Å². The van der Waals surface area contributed by atoms with E-state index in [0.717, 1.165) is 17.0 Å². The minimum atomic E-state index is -4.43. The van der Waals surface area contributed by atoms with Crippen LogP contribution >= 0.6 is 0 Å². The number of hydrogen-bond donors (Lipinski definition) is 1. The number of aliphatic carboxylic acids is 1. The smallest absolute Gasteiger partial charge is 0.416 e. The van der Waals surface area contributed by atoms with E-state index in [1.807, 2.05) is 0 Å². The molecule has 0 unspecified atom stereocenters. The highest BCUT2D eigenvalue weighted by Gasteiger charge is 2.30. The summed E-state index contributed by atoms with van der Waals surface area (Å²) < 4.78 is 37.2. The van der Waals surface area contributed by atoms with Crippen molar-refractivity contribution in [1.82, 2.24) is 4.90 Å². The second-order valence-electron chi connectivity index (χ2n) is 4.33. The maximum Gasteiger partial charge on any atom is 0.416 e. The van der Waals surface area contributed by atoms with Gasteiger partial charge in [0.1, 0.15) is 6.54 Å². The molecule has 1 N–H and O–H groups in total. The first-order valence-corrected chi connectivity index (χ1v) is 6.00. The van der Waals surface area contributed by atoms with Gasteiger partial charge in [0.05, 0.1) is 12.0 Å². The SMILES string of the molecule is C=CCN(CC(=O)O)C(=O)Cc1ccc(C(F)(F)F)cc1. The van der Waals surface area contributed by atoms with Crippen LogP contribution in [0.2, 0.25) is 0 Å². The lowest BCUT2D eigenvalue weighted by molar-refractivity contribution is -0.143. The molecule has 0 aromatic heterocycles. The maximum absolute atomic E-state index is 12.4. The van der Waals surface area contributed by atoms with E-state index in [4.69, 9.17) is 5.11 Å². The van der Waals surface area contributed by atoms with Gasteiger partial charge in [0, 0.05) is 6.54 Å². The molecule has 21 heavy (non-hydrogen) atoms. The summed E-state index contributed by atoms with van der Waals surface area (Å²) in [5.74, 6) is -1.66. The van der Waals surface area contributed by atoms with Crippen molar-refractivity contribution in [3.63, 3.8) is 0 Å². The zero-order valence-electron chi connectivity index (χ0n) is 11.1. The zero-order valence-corrected chi connectivity index (χ0v) is 11.1. The molecule has 0 bridgehead atoms. The summed E-state index contributed by atoms with van der Waals surface area (Å²) in [7, 11) is 0. The van der Waals surface area contributed by atoms with Gasteiger partial charge >= 0.3 is 12.1 Å². The Balaban J connectivity index is 2.76. The average Bonchev–Trinajstić information content (AvgIpc) is 2.37. The lowest BCUT2D eigenvalue weighted by Gasteiger charge is -2.19. The van der Waals surface area contributed by atoms with Crippen LogP contribution in [-0.4, -0.2) is 35.0 Å². The Labute approximate surface area is 119 Å². The molecule has 4 nitrogen and oxygen atoms in total. The van der Waals surface area contributed by atoms with Gasteiger partial charge in [-0.05, 0) is 17.7 Å². The lowest BCUT2D eigenvalue weighted by Crippen LogP contribution is -2.36. The first-order chi connectivity index (χ1) is 9.74. The number of nitrogens with zero attached hydrogens (tertiary/aromatic N) is 1. The number of carbonyl (C=O) groups is 2. The van der Waals surface area contributed by atoms with E-state index in [1.54, 1.807) is 0 Å². The Morgan fingerprint density at radius 2 is 1.81 bits per heavy atom. The summed E-state index contributed by atoms with van der Waals surface area (Å²) in [6.07, 6.45) is -3.21. The van der Waals surface area contributed by atoms with Crippen LogP contribution in [0.3, 0.4) is 0 Å². The normalized spacial score (nSPS) is 11.0. The van der Waals surface area contributed by atoms with Crippen LogP contribution in [0.4, 0.5) is 13.2 Å². The molecule has 1 aromatic rings. The summed E-state index contributed by atoms with van der Waals surface area (Å²) in [6.45, 7) is 3.00. The largest absolute Gasteiger partial charge is 0.480 e. The molecule has 1 amide bonds. The second-order valence-corrected chi connectivity index (χ2v) is 4.33. The molecule has 7 heteroatoms. The number of rotatable bonds is 6. The molecule has 0 radical (unpaired) electrons. The number of carboxylic acid groups (broad SMARTS) is 1. The van der Waals surface area contributed by atoms with Crippen molar-refractivity contribution in [2.24, 2.45) is 0 Å². The Hall–Kier alpha value is -2.31. The minimum Gasteiger partial charge on any atom is -0.480 e. The van der Waals surface area contributed by atoms with Crippen LogP contribution in [0, 0.1) is 0 Å². The van der Waals surface area contributed by atoms with Gasteiger partial charge in [-0.3, -0.25) is 9.59 Å². The zero-order chi connectivity index (χ0) is 16.0. The fraction of sp³-hybridized carbons (Fsp3) is 0.286. The first-order valence-electron chi connectivity index (χ1n) is 6.00. The molecule has 1 aromatic carbocycles. The third kappa shape index (κ3) is 5.29. The summed E-state index contributed by atoms with van der Waals surface area (Å²) >= 11 is 0. The molecule has 114 valence electrons. The molecule has 0 spiro atoms. The average molecular weight is 301 g/mol. The van der Waals surface area contributed by atoms with Crippen molar-refractivity contribution in [2.75, 3.05) is 13.1 Å². The fourth-order valence-electron chi connectivity index (χ4n) is 1.67. The molecule has 0 aliphatic heterocycles. The fourth-order valence-corrected chi connectivity index (χ4v) is 1.67. The Bertz CT molecular complexity index is 523. The van der Waals surface area contributed by atoms with Crippen molar-refractivity contribution in [1.29, 1.82) is 0 Å². The van der Waals surface area contributed by atoms with Crippen LogP contribution in [0.1, 0.15) is 11.1 Å². The van der Waals surface area contributed by atoms with E-state index in [0.29, 0.717) is 5.56 Å². The minimum absolute atomic E-state index is 0.0613. The van der Waals surface area contributed by atoms with Crippen LogP contribution in [0.15, 0.2) is 36.9 Å². The third-order valence-corrected chi connectivity index (χ3v) is 2.66. The van der Waals surface area contributed by atoms with Crippen molar-refractivity contribution in [3.8, 4) is 0 Å². The standard InChI is InChI=1S/C14H14F3NO3/c1-2-7-18(9-13(20)21)12(19)8-10-3-5-11(6-4-10)14(15,16)17/h2-6H,1,7-9H2,(H,20,21). The van der Waals surface area contributed by atoms with E-state index in [1.165, 1.54) is 18.2 Å². The van der Waals surface area contributed by atoms with E-state index in [9.17, 15) is 22.8 Å². The van der Waals surface area contributed by atoms with Crippen LogP contribution in [-0.2, 0) is 22.2 Å². The maximum atomic E-state index is 12.4. The molecule has 0 atom stereocenters. The molecular formula is C14H14F3NO3. The predicted molar refractivity (Wildman–Crippen MR) is 69.6 cm³/mol. The molecule has 0 aliphatic rings. The van der Waals surface area contributed by atoms with Gasteiger partial charge in [0.2, 0.25) is 5.91 Å². The van der Waals surface area contributed by atoms with Crippen molar-refractivity contribution in [3.05, 3.63) is 48.0 Å². The molecule has 0 aliphatic carbocycles. The topological polar surface area (TPSA) is 57.6 Å². The van der Waals surface area contributed by atoms with Crippen LogP contribution in [0.25, 0.3) is 0 Å². The van der Waals surface area contributed by atoms with Gasteiger partial charge in [-0.25, -0.2) is 0 Å². The quantitative estimate of drug-likeness (QED) is 0.821. The summed E-state index contributed by atoms with van der Waals surface area (Å²) in [6, 6.07) is 4.18. The number of hydrogen-bond acceptors (Lipinski definition) is 2. The highest BCUT2D eigenvalue weighted by molar-refractivity contribution is 5.83. The molecule has 0 saturated carbocycles. The first kappa shape index (κ1) is 16.7. The lowest BCUT2D eigenvalue weighted by atomic mass is 10.1. The number of halogens is 3. The summed E-state index contributed by atoms with van der Waals surface area (Å²) in [5, 5.41) is 8.70. The van der Waals surface area contributed by atoms with Crippen LogP contribution in [0.5, 0.6) is 0 Å². The van der Waals surface area contributed by atoms with Crippen LogP contribution < -0.4 is 0 Å². The van der Waals surface area contributed by atoms with Gasteiger partial charge < -0.3 is 10.0 Å². The Morgan fingerprint density at radius 1 is 1.24 bits per heavy atom. The van der Waals surface area contributed by atoms with Gasteiger partial charge in [0.15, 0.2) is 0 Å². The number of benzene rings is 1. The summed E-state index contributed by atoms with van der Waals surface area (Å²) in [5.41, 5.74) is -0.417. The molecular weight excluding hydrogens is 287 g/mol.